The summed E-state index contributed by atoms with van der Waals surface area (Å²) < 4.78 is 0. The Bertz CT molecular complexity index is 522. The second kappa shape index (κ2) is 5.79. The highest BCUT2D eigenvalue weighted by atomic mass is 32.1. The maximum absolute atomic E-state index is 13.0. The van der Waals surface area contributed by atoms with Crippen LogP contribution in [0.1, 0.15) is 51.8 Å². The summed E-state index contributed by atoms with van der Waals surface area (Å²) in [4.78, 5) is 28.7. The number of nitrogens with zero attached hydrogens (tertiary/aromatic N) is 1. The van der Waals surface area contributed by atoms with Crippen molar-refractivity contribution in [1.82, 2.24) is 10.2 Å². The summed E-state index contributed by atoms with van der Waals surface area (Å²) in [7, 11) is 0. The van der Waals surface area contributed by atoms with Crippen LogP contribution in [0.15, 0.2) is 17.5 Å². The molecular weight excluding hydrogens is 284 g/mol. The van der Waals surface area contributed by atoms with E-state index in [1.165, 1.54) is 0 Å². The Balaban J connectivity index is 2.44. The summed E-state index contributed by atoms with van der Waals surface area (Å²) in [6.45, 7) is 8.23. The van der Waals surface area contributed by atoms with Gasteiger partial charge in [-0.25, -0.2) is 0 Å². The average molecular weight is 308 g/mol. The molecule has 1 aromatic rings. The second-order valence-electron chi connectivity index (χ2n) is 5.85. The van der Waals surface area contributed by atoms with Gasteiger partial charge in [0.1, 0.15) is 11.1 Å². The molecule has 0 radical (unpaired) electrons. The van der Waals surface area contributed by atoms with Crippen molar-refractivity contribution >= 4 is 23.2 Å². The molecule has 21 heavy (non-hydrogen) atoms. The molecule has 0 spiro atoms. The van der Waals surface area contributed by atoms with Gasteiger partial charge in [-0.1, -0.05) is 26.8 Å². The lowest BCUT2D eigenvalue weighted by Gasteiger charge is -2.51. The van der Waals surface area contributed by atoms with Crippen molar-refractivity contribution in [3.8, 4) is 0 Å². The molecule has 2 rings (SSSR count). The molecule has 4 nitrogen and oxygen atoms in total. The van der Waals surface area contributed by atoms with Gasteiger partial charge in [0.05, 0.1) is 6.54 Å². The Morgan fingerprint density at radius 3 is 2.33 bits per heavy atom. The van der Waals surface area contributed by atoms with Crippen LogP contribution in [-0.2, 0) is 16.1 Å². The zero-order valence-electron chi connectivity index (χ0n) is 13.2. The van der Waals surface area contributed by atoms with E-state index in [4.69, 9.17) is 0 Å². The van der Waals surface area contributed by atoms with E-state index in [0.29, 0.717) is 25.8 Å². The first kappa shape index (κ1) is 16.0. The SMILES string of the molecule is CCC1(C)NC(=O)C(CC)(CC)N(Cc2cccs2)C1=O. The number of carbonyl (C=O) groups excluding carboxylic acids is 2. The Kier molecular flexibility index (Phi) is 4.42. The van der Waals surface area contributed by atoms with Crippen molar-refractivity contribution in [2.24, 2.45) is 0 Å². The normalized spacial score (nSPS) is 25.0. The van der Waals surface area contributed by atoms with Gasteiger partial charge in [0, 0.05) is 4.88 Å². The Labute approximate surface area is 130 Å². The second-order valence-corrected chi connectivity index (χ2v) is 6.88. The quantitative estimate of drug-likeness (QED) is 0.909. The first-order valence-electron chi connectivity index (χ1n) is 7.60. The van der Waals surface area contributed by atoms with Crippen LogP contribution in [0.3, 0.4) is 0 Å². The molecule has 116 valence electrons. The third-order valence-electron chi connectivity index (χ3n) is 4.82. The first-order valence-corrected chi connectivity index (χ1v) is 8.48. The molecule has 0 aliphatic carbocycles. The van der Waals surface area contributed by atoms with Crippen molar-refractivity contribution in [3.05, 3.63) is 22.4 Å². The molecule has 1 atom stereocenters. The van der Waals surface area contributed by atoms with Crippen molar-refractivity contribution in [2.45, 2.75) is 64.6 Å². The number of carbonyl (C=O) groups is 2. The van der Waals surface area contributed by atoms with Gasteiger partial charge in [-0.15, -0.1) is 11.3 Å². The summed E-state index contributed by atoms with van der Waals surface area (Å²) in [5, 5.41) is 4.97. The molecule has 0 saturated carbocycles. The summed E-state index contributed by atoms with van der Waals surface area (Å²) in [5.41, 5.74) is -1.52. The van der Waals surface area contributed by atoms with Gasteiger partial charge < -0.3 is 10.2 Å². The third kappa shape index (κ3) is 2.48. The molecule has 2 amide bonds. The molecule has 1 aliphatic rings. The fraction of sp³-hybridized carbons (Fsp3) is 0.625. The number of hydrogen-bond donors (Lipinski definition) is 1. The van der Waals surface area contributed by atoms with Crippen LogP contribution in [0.25, 0.3) is 0 Å². The maximum Gasteiger partial charge on any atom is 0.249 e. The van der Waals surface area contributed by atoms with Gasteiger partial charge in [-0.05, 0) is 37.6 Å². The number of hydrogen-bond acceptors (Lipinski definition) is 3. The molecule has 1 unspecified atom stereocenters. The maximum atomic E-state index is 13.0. The largest absolute Gasteiger partial charge is 0.340 e. The standard InChI is InChI=1S/C16H24N2O2S/c1-5-15(4)14(20)18(11-12-9-8-10-21-12)16(6-2,7-3)13(19)17-15/h8-10H,5-7,11H2,1-4H3,(H,17,19). The van der Waals surface area contributed by atoms with Crippen molar-refractivity contribution in [3.63, 3.8) is 0 Å². The predicted molar refractivity (Wildman–Crippen MR) is 85.0 cm³/mol. The highest BCUT2D eigenvalue weighted by Gasteiger charge is 2.54. The topological polar surface area (TPSA) is 49.4 Å². The first-order chi connectivity index (χ1) is 9.93. The minimum absolute atomic E-state index is 0.0204. The minimum Gasteiger partial charge on any atom is -0.340 e. The highest BCUT2D eigenvalue weighted by Crippen LogP contribution is 2.35. The molecule has 1 N–H and O–H groups in total. The Hall–Kier alpha value is -1.36. The summed E-state index contributed by atoms with van der Waals surface area (Å²) in [6.07, 6.45) is 1.86. The minimum atomic E-state index is -0.790. The fourth-order valence-corrected chi connectivity index (χ4v) is 3.70. The highest BCUT2D eigenvalue weighted by molar-refractivity contribution is 7.09. The monoisotopic (exact) mass is 308 g/mol. The van der Waals surface area contributed by atoms with Crippen molar-refractivity contribution in [2.75, 3.05) is 0 Å². The number of piperazine rings is 1. The van der Waals surface area contributed by atoms with Crippen LogP contribution < -0.4 is 5.32 Å². The van der Waals surface area contributed by atoms with E-state index >= 15 is 0 Å². The van der Waals surface area contributed by atoms with E-state index in [2.05, 4.69) is 5.32 Å². The number of rotatable bonds is 5. The van der Waals surface area contributed by atoms with Crippen LogP contribution in [0, 0.1) is 0 Å². The van der Waals surface area contributed by atoms with E-state index in [-0.39, 0.29) is 11.8 Å². The molecular formula is C16H24N2O2S. The molecule has 1 saturated heterocycles. The Morgan fingerprint density at radius 2 is 1.86 bits per heavy atom. The zero-order chi connectivity index (χ0) is 15.7. The smallest absolute Gasteiger partial charge is 0.249 e. The van der Waals surface area contributed by atoms with Crippen LogP contribution >= 0.6 is 11.3 Å². The fourth-order valence-electron chi connectivity index (χ4n) is 3.01. The van der Waals surface area contributed by atoms with E-state index in [1.54, 1.807) is 16.2 Å². The van der Waals surface area contributed by atoms with Crippen molar-refractivity contribution < 1.29 is 9.59 Å². The van der Waals surface area contributed by atoms with E-state index in [9.17, 15) is 9.59 Å². The van der Waals surface area contributed by atoms with Crippen LogP contribution in [0.4, 0.5) is 0 Å². The molecule has 0 bridgehead atoms. The van der Waals surface area contributed by atoms with E-state index in [1.807, 2.05) is 45.2 Å². The van der Waals surface area contributed by atoms with Gasteiger partial charge in [0.25, 0.3) is 0 Å². The molecule has 0 aromatic carbocycles. The van der Waals surface area contributed by atoms with Gasteiger partial charge >= 0.3 is 0 Å². The lowest BCUT2D eigenvalue weighted by atomic mass is 9.81. The van der Waals surface area contributed by atoms with Gasteiger partial charge in [0.2, 0.25) is 11.8 Å². The summed E-state index contributed by atoms with van der Waals surface area (Å²) >= 11 is 1.62. The lowest BCUT2D eigenvalue weighted by Crippen LogP contribution is -2.74. The Morgan fingerprint density at radius 1 is 1.19 bits per heavy atom. The molecule has 5 heteroatoms. The average Bonchev–Trinajstić information content (AvgIpc) is 2.99. The number of thiophene rings is 1. The predicted octanol–water partition coefficient (Wildman–Crippen LogP) is 2.93. The van der Waals surface area contributed by atoms with Gasteiger partial charge in [-0.3, -0.25) is 9.59 Å². The number of amides is 2. The number of nitrogens with one attached hydrogen (secondary N) is 1. The molecule has 1 aromatic heterocycles. The van der Waals surface area contributed by atoms with Crippen LogP contribution in [-0.4, -0.2) is 27.8 Å². The van der Waals surface area contributed by atoms with Crippen molar-refractivity contribution in [1.29, 1.82) is 0 Å². The lowest BCUT2D eigenvalue weighted by molar-refractivity contribution is -0.164. The third-order valence-corrected chi connectivity index (χ3v) is 5.68. The molecule has 2 heterocycles. The molecule has 1 aliphatic heterocycles. The van der Waals surface area contributed by atoms with Gasteiger partial charge in [0.15, 0.2) is 0 Å². The van der Waals surface area contributed by atoms with E-state index < -0.39 is 11.1 Å². The van der Waals surface area contributed by atoms with E-state index in [0.717, 1.165) is 4.88 Å². The molecule has 1 fully saturated rings. The zero-order valence-corrected chi connectivity index (χ0v) is 14.0. The summed E-state index contributed by atoms with van der Waals surface area (Å²) in [6, 6.07) is 4.00. The van der Waals surface area contributed by atoms with Crippen LogP contribution in [0.2, 0.25) is 0 Å². The van der Waals surface area contributed by atoms with Crippen LogP contribution in [0.5, 0.6) is 0 Å². The van der Waals surface area contributed by atoms with Gasteiger partial charge in [-0.2, -0.15) is 0 Å². The summed E-state index contributed by atoms with van der Waals surface area (Å²) in [5.74, 6) is 0.00899.